The molecule has 4 nitrogen and oxygen atoms in total. The van der Waals surface area contributed by atoms with Crippen molar-refractivity contribution in [1.29, 1.82) is 0 Å². The number of carbonyl (C=O) groups is 2. The maximum atomic E-state index is 11.5. The van der Waals surface area contributed by atoms with E-state index in [9.17, 15) is 9.59 Å². The fourth-order valence-corrected chi connectivity index (χ4v) is 1.76. The average molecular weight is 204 g/mol. The first-order chi connectivity index (χ1) is 7.24. The third kappa shape index (κ3) is 1.58. The van der Waals surface area contributed by atoms with Gasteiger partial charge in [0.15, 0.2) is 0 Å². The summed E-state index contributed by atoms with van der Waals surface area (Å²) in [5.41, 5.74) is 0.757. The fourth-order valence-electron chi connectivity index (χ4n) is 1.76. The van der Waals surface area contributed by atoms with E-state index < -0.39 is 0 Å². The van der Waals surface area contributed by atoms with E-state index in [-0.39, 0.29) is 18.0 Å². The molecule has 0 saturated carbocycles. The van der Waals surface area contributed by atoms with Crippen molar-refractivity contribution < 1.29 is 9.59 Å². The highest BCUT2D eigenvalue weighted by Gasteiger charge is 2.37. The van der Waals surface area contributed by atoms with Crippen LogP contribution in [-0.2, 0) is 4.79 Å². The standard InChI is InChI=1S/C11H12N2O2/c1-2-9-10(14)12-11(15)13(9)8-6-4-3-5-7-8/h3-7,9H,2H2,1H3,(H,12,14,15)/t9-/m1/s1. The summed E-state index contributed by atoms with van der Waals surface area (Å²) in [6.45, 7) is 1.89. The summed E-state index contributed by atoms with van der Waals surface area (Å²) >= 11 is 0. The van der Waals surface area contributed by atoms with Crippen LogP contribution in [0.5, 0.6) is 0 Å². The molecule has 0 spiro atoms. The topological polar surface area (TPSA) is 49.4 Å². The Hall–Kier alpha value is -1.84. The Balaban J connectivity index is 2.35. The molecular weight excluding hydrogens is 192 g/mol. The molecule has 1 aromatic rings. The largest absolute Gasteiger partial charge is 0.329 e. The van der Waals surface area contributed by atoms with Crippen LogP contribution in [0.3, 0.4) is 0 Å². The Morgan fingerprint density at radius 3 is 2.53 bits per heavy atom. The molecule has 1 fully saturated rings. The molecule has 1 atom stereocenters. The van der Waals surface area contributed by atoms with Gasteiger partial charge in [-0.3, -0.25) is 15.0 Å². The molecule has 0 unspecified atom stereocenters. The molecule has 1 N–H and O–H groups in total. The molecule has 0 radical (unpaired) electrons. The van der Waals surface area contributed by atoms with Crippen LogP contribution in [0.1, 0.15) is 13.3 Å². The monoisotopic (exact) mass is 204 g/mol. The van der Waals surface area contributed by atoms with Crippen LogP contribution in [0.25, 0.3) is 0 Å². The summed E-state index contributed by atoms with van der Waals surface area (Å²) in [7, 11) is 0. The predicted octanol–water partition coefficient (Wildman–Crippen LogP) is 1.52. The van der Waals surface area contributed by atoms with E-state index in [1.165, 1.54) is 4.90 Å². The van der Waals surface area contributed by atoms with Crippen molar-refractivity contribution in [3.8, 4) is 0 Å². The van der Waals surface area contributed by atoms with Crippen molar-refractivity contribution in [1.82, 2.24) is 5.32 Å². The number of para-hydroxylation sites is 1. The second-order valence-electron chi connectivity index (χ2n) is 3.42. The molecule has 1 aliphatic rings. The number of benzene rings is 1. The predicted molar refractivity (Wildman–Crippen MR) is 56.5 cm³/mol. The highest BCUT2D eigenvalue weighted by molar-refractivity contribution is 6.14. The number of amides is 3. The van der Waals surface area contributed by atoms with Gasteiger partial charge in [-0.05, 0) is 18.6 Å². The lowest BCUT2D eigenvalue weighted by atomic mass is 10.2. The summed E-state index contributed by atoms with van der Waals surface area (Å²) < 4.78 is 0. The number of hydrogen-bond donors (Lipinski definition) is 1. The third-order valence-corrected chi connectivity index (χ3v) is 2.48. The Labute approximate surface area is 87.9 Å². The van der Waals surface area contributed by atoms with Gasteiger partial charge in [-0.1, -0.05) is 25.1 Å². The number of carbonyl (C=O) groups excluding carboxylic acids is 2. The van der Waals surface area contributed by atoms with E-state index in [0.717, 1.165) is 5.69 Å². The van der Waals surface area contributed by atoms with Crippen LogP contribution in [0.15, 0.2) is 30.3 Å². The molecule has 1 heterocycles. The van der Waals surface area contributed by atoms with Gasteiger partial charge in [0.25, 0.3) is 5.91 Å². The molecule has 0 bridgehead atoms. The van der Waals surface area contributed by atoms with Gasteiger partial charge in [-0.15, -0.1) is 0 Å². The van der Waals surface area contributed by atoms with Gasteiger partial charge < -0.3 is 0 Å². The van der Waals surface area contributed by atoms with Crippen LogP contribution in [0.2, 0.25) is 0 Å². The number of nitrogens with zero attached hydrogens (tertiary/aromatic N) is 1. The van der Waals surface area contributed by atoms with Crippen molar-refractivity contribution in [3.05, 3.63) is 30.3 Å². The zero-order valence-corrected chi connectivity index (χ0v) is 8.43. The quantitative estimate of drug-likeness (QED) is 0.742. The second kappa shape index (κ2) is 3.73. The lowest BCUT2D eigenvalue weighted by Gasteiger charge is -2.20. The number of imide groups is 1. The normalized spacial score (nSPS) is 20.6. The molecule has 3 amide bonds. The Bertz CT molecular complexity index is 389. The van der Waals surface area contributed by atoms with Crippen LogP contribution in [0, 0.1) is 0 Å². The second-order valence-corrected chi connectivity index (χ2v) is 3.42. The van der Waals surface area contributed by atoms with Gasteiger partial charge >= 0.3 is 6.03 Å². The minimum Gasteiger partial charge on any atom is -0.282 e. The lowest BCUT2D eigenvalue weighted by molar-refractivity contribution is -0.119. The first kappa shape index (κ1) is 9.71. The smallest absolute Gasteiger partial charge is 0.282 e. The third-order valence-electron chi connectivity index (χ3n) is 2.48. The number of urea groups is 1. The van der Waals surface area contributed by atoms with Crippen molar-refractivity contribution in [2.45, 2.75) is 19.4 Å². The molecule has 1 saturated heterocycles. The minimum absolute atomic E-state index is 0.216. The van der Waals surface area contributed by atoms with E-state index in [0.29, 0.717) is 6.42 Å². The van der Waals surface area contributed by atoms with Crippen molar-refractivity contribution in [2.24, 2.45) is 0 Å². The highest BCUT2D eigenvalue weighted by Crippen LogP contribution is 2.21. The van der Waals surface area contributed by atoms with Crippen LogP contribution >= 0.6 is 0 Å². The van der Waals surface area contributed by atoms with E-state index in [1.54, 1.807) is 0 Å². The first-order valence-corrected chi connectivity index (χ1v) is 4.93. The number of anilines is 1. The Morgan fingerprint density at radius 1 is 1.27 bits per heavy atom. The van der Waals surface area contributed by atoms with Crippen LogP contribution in [0.4, 0.5) is 10.5 Å². The van der Waals surface area contributed by atoms with Crippen LogP contribution < -0.4 is 10.2 Å². The van der Waals surface area contributed by atoms with Crippen LogP contribution in [-0.4, -0.2) is 18.0 Å². The lowest BCUT2D eigenvalue weighted by Crippen LogP contribution is -2.34. The van der Waals surface area contributed by atoms with Gasteiger partial charge in [0, 0.05) is 5.69 Å². The molecule has 15 heavy (non-hydrogen) atoms. The zero-order chi connectivity index (χ0) is 10.8. The minimum atomic E-state index is -0.375. The molecule has 78 valence electrons. The number of rotatable bonds is 2. The van der Waals surface area contributed by atoms with Crippen molar-refractivity contribution in [2.75, 3.05) is 4.90 Å². The van der Waals surface area contributed by atoms with E-state index in [2.05, 4.69) is 5.32 Å². The molecule has 1 aliphatic heterocycles. The summed E-state index contributed by atoms with van der Waals surface area (Å²) in [5.74, 6) is -0.216. The molecular formula is C11H12N2O2. The van der Waals surface area contributed by atoms with Gasteiger partial charge in [0.05, 0.1) is 0 Å². The van der Waals surface area contributed by atoms with E-state index in [1.807, 2.05) is 37.3 Å². The molecule has 0 aromatic heterocycles. The maximum Gasteiger partial charge on any atom is 0.329 e. The Kier molecular flexibility index (Phi) is 2.41. The highest BCUT2D eigenvalue weighted by atomic mass is 16.2. The molecule has 4 heteroatoms. The average Bonchev–Trinajstić information content (AvgIpc) is 2.54. The van der Waals surface area contributed by atoms with Gasteiger partial charge in [0.2, 0.25) is 0 Å². The first-order valence-electron chi connectivity index (χ1n) is 4.93. The molecule has 1 aromatic carbocycles. The van der Waals surface area contributed by atoms with E-state index in [4.69, 9.17) is 0 Å². The number of hydrogen-bond acceptors (Lipinski definition) is 2. The van der Waals surface area contributed by atoms with Gasteiger partial charge in [-0.2, -0.15) is 0 Å². The summed E-state index contributed by atoms with van der Waals surface area (Å²) in [6, 6.07) is 8.50. The van der Waals surface area contributed by atoms with E-state index >= 15 is 0 Å². The Morgan fingerprint density at radius 2 is 1.93 bits per heavy atom. The maximum absolute atomic E-state index is 11.5. The molecule has 2 rings (SSSR count). The van der Waals surface area contributed by atoms with Gasteiger partial charge in [-0.25, -0.2) is 4.79 Å². The van der Waals surface area contributed by atoms with Crippen molar-refractivity contribution >= 4 is 17.6 Å². The molecule has 0 aliphatic carbocycles. The zero-order valence-electron chi connectivity index (χ0n) is 8.43. The van der Waals surface area contributed by atoms with Crippen molar-refractivity contribution in [3.63, 3.8) is 0 Å². The van der Waals surface area contributed by atoms with Gasteiger partial charge in [0.1, 0.15) is 6.04 Å². The summed E-state index contributed by atoms with van der Waals surface area (Å²) in [5, 5.41) is 2.31. The SMILES string of the molecule is CC[C@@H]1C(=O)NC(=O)N1c1ccccc1. The summed E-state index contributed by atoms with van der Waals surface area (Å²) in [6.07, 6.45) is 0.618. The fraction of sp³-hybridized carbons (Fsp3) is 0.273. The summed E-state index contributed by atoms with van der Waals surface area (Å²) in [4.78, 5) is 24.5. The number of nitrogens with one attached hydrogen (secondary N) is 1.